The third-order valence-electron chi connectivity index (χ3n) is 3.37. The van der Waals surface area contributed by atoms with Crippen molar-refractivity contribution in [3.05, 3.63) is 48.6 Å². The minimum absolute atomic E-state index is 0.0615. The first-order valence-electron chi connectivity index (χ1n) is 8.63. The van der Waals surface area contributed by atoms with E-state index >= 15 is 0 Å². The molecule has 1 N–H and O–H groups in total. The summed E-state index contributed by atoms with van der Waals surface area (Å²) in [6.07, 6.45) is 5.05. The fraction of sp³-hybridized carbons (Fsp3) is 0.550. The molecule has 0 aliphatic heterocycles. The second kappa shape index (κ2) is 10.9. The highest BCUT2D eigenvalue weighted by molar-refractivity contribution is 5.68. The zero-order valence-corrected chi connectivity index (χ0v) is 15.2. The predicted molar refractivity (Wildman–Crippen MR) is 97.9 cm³/mol. The summed E-state index contributed by atoms with van der Waals surface area (Å²) in [6.45, 7) is 10.7. The van der Waals surface area contributed by atoms with Gasteiger partial charge in [0.25, 0.3) is 0 Å². The number of nitrogens with one attached hydrogen (secondary N) is 1. The molecule has 4 nitrogen and oxygen atoms in total. The third kappa shape index (κ3) is 10.1. The van der Waals surface area contributed by atoms with Crippen molar-refractivity contribution < 1.29 is 14.3 Å². The first-order chi connectivity index (χ1) is 11.4. The summed E-state index contributed by atoms with van der Waals surface area (Å²) in [5.74, 6) is 0. The van der Waals surface area contributed by atoms with E-state index in [1.165, 1.54) is 5.56 Å². The average Bonchev–Trinajstić information content (AvgIpc) is 2.50. The molecular formula is C20H31NO3. The molecule has 0 aliphatic rings. The molecule has 4 heteroatoms. The molecule has 1 rings (SSSR count). The Morgan fingerprint density at radius 2 is 1.96 bits per heavy atom. The number of unbranched alkanes of at least 4 members (excludes halogenated alkanes) is 1. The van der Waals surface area contributed by atoms with Crippen molar-refractivity contribution >= 4 is 6.09 Å². The highest BCUT2D eigenvalue weighted by Crippen LogP contribution is 2.10. The van der Waals surface area contributed by atoms with Gasteiger partial charge in [-0.05, 0) is 52.0 Å². The number of ether oxygens (including phenoxy) is 2. The molecule has 0 fully saturated rings. The molecule has 0 aromatic heterocycles. The Morgan fingerprint density at radius 3 is 2.58 bits per heavy atom. The Hall–Kier alpha value is -1.81. The first-order valence-corrected chi connectivity index (χ1v) is 8.63. The molecule has 1 atom stereocenters. The lowest BCUT2D eigenvalue weighted by Gasteiger charge is -2.23. The van der Waals surface area contributed by atoms with Crippen LogP contribution in [0, 0.1) is 0 Å². The van der Waals surface area contributed by atoms with E-state index in [-0.39, 0.29) is 12.1 Å². The molecule has 0 heterocycles. The van der Waals surface area contributed by atoms with E-state index < -0.39 is 5.60 Å². The van der Waals surface area contributed by atoms with E-state index in [9.17, 15) is 4.79 Å². The number of carbonyl (C=O) groups is 1. The summed E-state index contributed by atoms with van der Waals surface area (Å²) in [5.41, 5.74) is 0.710. The minimum Gasteiger partial charge on any atom is -0.444 e. The lowest BCUT2D eigenvalue weighted by atomic mass is 10.1. The number of benzene rings is 1. The van der Waals surface area contributed by atoms with Crippen molar-refractivity contribution in [1.29, 1.82) is 0 Å². The summed E-state index contributed by atoms with van der Waals surface area (Å²) in [7, 11) is 0. The highest BCUT2D eigenvalue weighted by Gasteiger charge is 2.18. The summed E-state index contributed by atoms with van der Waals surface area (Å²) in [6, 6.07) is 10.2. The minimum atomic E-state index is -0.478. The summed E-state index contributed by atoms with van der Waals surface area (Å²) < 4.78 is 11.0. The molecule has 0 saturated heterocycles. The standard InChI is InChI=1S/C20H31NO3/c1-5-11-18(21-19(22)24-20(2,3)4)14-9-10-15-23-16-17-12-7-6-8-13-17/h5-8,12-13,18H,1,9-11,14-16H2,2-4H3,(H,21,22)/t18-/m0/s1. The van der Waals surface area contributed by atoms with Gasteiger partial charge in [-0.25, -0.2) is 4.79 Å². The Labute approximate surface area is 146 Å². The van der Waals surface area contributed by atoms with Crippen molar-refractivity contribution in [3.63, 3.8) is 0 Å². The zero-order chi connectivity index (χ0) is 17.8. The van der Waals surface area contributed by atoms with Gasteiger partial charge in [-0.3, -0.25) is 0 Å². The van der Waals surface area contributed by atoms with Crippen LogP contribution in [-0.2, 0) is 16.1 Å². The summed E-state index contributed by atoms with van der Waals surface area (Å²) >= 11 is 0. The van der Waals surface area contributed by atoms with Crippen LogP contribution in [0.15, 0.2) is 43.0 Å². The molecule has 0 bridgehead atoms. The van der Waals surface area contributed by atoms with Crippen LogP contribution in [0.25, 0.3) is 0 Å². The average molecular weight is 333 g/mol. The fourth-order valence-corrected chi connectivity index (χ4v) is 2.28. The second-order valence-corrected chi connectivity index (χ2v) is 6.90. The lowest BCUT2D eigenvalue weighted by Crippen LogP contribution is -2.38. The molecular weight excluding hydrogens is 302 g/mol. The van der Waals surface area contributed by atoms with Gasteiger partial charge >= 0.3 is 6.09 Å². The number of alkyl carbamates (subject to hydrolysis) is 1. The largest absolute Gasteiger partial charge is 0.444 e. The van der Waals surface area contributed by atoms with Crippen LogP contribution in [0.5, 0.6) is 0 Å². The van der Waals surface area contributed by atoms with Crippen LogP contribution in [0.4, 0.5) is 4.79 Å². The Kier molecular flexibility index (Phi) is 9.16. The van der Waals surface area contributed by atoms with Crippen LogP contribution < -0.4 is 5.32 Å². The molecule has 0 spiro atoms. The lowest BCUT2D eigenvalue weighted by molar-refractivity contribution is 0.0500. The molecule has 1 aromatic rings. The Morgan fingerprint density at radius 1 is 1.25 bits per heavy atom. The van der Waals surface area contributed by atoms with E-state index in [4.69, 9.17) is 9.47 Å². The van der Waals surface area contributed by atoms with E-state index in [1.54, 1.807) is 0 Å². The van der Waals surface area contributed by atoms with Crippen LogP contribution in [0.1, 0.15) is 52.0 Å². The molecule has 24 heavy (non-hydrogen) atoms. The highest BCUT2D eigenvalue weighted by atomic mass is 16.6. The first kappa shape index (κ1) is 20.2. The normalized spacial score (nSPS) is 12.5. The summed E-state index contributed by atoms with van der Waals surface area (Å²) in [4.78, 5) is 11.8. The maximum absolute atomic E-state index is 11.8. The molecule has 0 saturated carbocycles. The maximum atomic E-state index is 11.8. The second-order valence-electron chi connectivity index (χ2n) is 6.90. The monoisotopic (exact) mass is 333 g/mol. The van der Waals surface area contributed by atoms with Crippen LogP contribution in [0.3, 0.4) is 0 Å². The number of amides is 1. The van der Waals surface area contributed by atoms with Gasteiger partial charge in [0.1, 0.15) is 5.60 Å². The third-order valence-corrected chi connectivity index (χ3v) is 3.37. The number of hydrogen-bond acceptors (Lipinski definition) is 3. The summed E-state index contributed by atoms with van der Waals surface area (Å²) in [5, 5.41) is 2.92. The van der Waals surface area contributed by atoms with Crippen molar-refractivity contribution in [2.24, 2.45) is 0 Å². The smallest absolute Gasteiger partial charge is 0.407 e. The van der Waals surface area contributed by atoms with E-state index in [0.717, 1.165) is 32.3 Å². The van der Waals surface area contributed by atoms with Gasteiger partial charge in [0.05, 0.1) is 6.61 Å². The molecule has 1 aromatic carbocycles. The molecule has 1 amide bonds. The van der Waals surface area contributed by atoms with Crippen molar-refractivity contribution in [3.8, 4) is 0 Å². The maximum Gasteiger partial charge on any atom is 0.407 e. The van der Waals surface area contributed by atoms with Gasteiger partial charge in [0, 0.05) is 12.6 Å². The molecule has 134 valence electrons. The van der Waals surface area contributed by atoms with Crippen molar-refractivity contribution in [1.82, 2.24) is 5.32 Å². The van der Waals surface area contributed by atoms with Crippen molar-refractivity contribution in [2.75, 3.05) is 6.61 Å². The number of hydrogen-bond donors (Lipinski definition) is 1. The fourth-order valence-electron chi connectivity index (χ4n) is 2.28. The van der Waals surface area contributed by atoms with E-state index in [1.807, 2.05) is 45.0 Å². The van der Waals surface area contributed by atoms with Crippen LogP contribution >= 0.6 is 0 Å². The van der Waals surface area contributed by atoms with Gasteiger partial charge < -0.3 is 14.8 Å². The van der Waals surface area contributed by atoms with Crippen LogP contribution in [0.2, 0.25) is 0 Å². The molecule has 0 aliphatic carbocycles. The quantitative estimate of drug-likeness (QED) is 0.492. The predicted octanol–water partition coefficient (Wildman–Crippen LogP) is 4.84. The zero-order valence-electron chi connectivity index (χ0n) is 15.2. The van der Waals surface area contributed by atoms with Gasteiger partial charge in [-0.1, -0.05) is 36.4 Å². The van der Waals surface area contributed by atoms with Crippen LogP contribution in [-0.4, -0.2) is 24.3 Å². The van der Waals surface area contributed by atoms with Gasteiger partial charge in [0.2, 0.25) is 0 Å². The van der Waals surface area contributed by atoms with Gasteiger partial charge in [-0.2, -0.15) is 0 Å². The molecule has 0 radical (unpaired) electrons. The van der Waals surface area contributed by atoms with E-state index in [2.05, 4.69) is 24.0 Å². The van der Waals surface area contributed by atoms with Gasteiger partial charge in [-0.15, -0.1) is 6.58 Å². The molecule has 0 unspecified atom stereocenters. The Balaban J connectivity index is 2.19. The Bertz CT molecular complexity index is 479. The van der Waals surface area contributed by atoms with Gasteiger partial charge in [0.15, 0.2) is 0 Å². The topological polar surface area (TPSA) is 47.6 Å². The van der Waals surface area contributed by atoms with Crippen molar-refractivity contribution in [2.45, 2.75) is 64.7 Å². The number of carbonyl (C=O) groups excluding carboxylic acids is 1. The number of rotatable bonds is 10. The SMILES string of the molecule is C=CC[C@@H](CCCCOCc1ccccc1)NC(=O)OC(C)(C)C. The van der Waals surface area contributed by atoms with E-state index in [0.29, 0.717) is 6.61 Å².